The van der Waals surface area contributed by atoms with E-state index in [0.29, 0.717) is 11.5 Å². The number of methoxy groups -OCH3 is 1. The highest BCUT2D eigenvalue weighted by atomic mass is 16.5. The summed E-state index contributed by atoms with van der Waals surface area (Å²) in [7, 11) is 1.59. The molecule has 0 bridgehead atoms. The first-order valence-electron chi connectivity index (χ1n) is 7.17. The number of amides is 1. The third-order valence-corrected chi connectivity index (χ3v) is 3.39. The largest absolute Gasteiger partial charge is 0.496 e. The molecule has 0 saturated heterocycles. The van der Waals surface area contributed by atoms with Gasteiger partial charge in [-0.15, -0.1) is 0 Å². The third-order valence-electron chi connectivity index (χ3n) is 3.39. The van der Waals surface area contributed by atoms with Crippen molar-refractivity contribution in [3.8, 4) is 17.1 Å². The van der Waals surface area contributed by atoms with Crippen LogP contribution in [0.25, 0.3) is 11.3 Å². The molecule has 0 spiro atoms. The second-order valence-corrected chi connectivity index (χ2v) is 4.99. The van der Waals surface area contributed by atoms with Crippen molar-refractivity contribution in [2.45, 2.75) is 6.42 Å². The van der Waals surface area contributed by atoms with Gasteiger partial charge in [0.2, 0.25) is 5.91 Å². The van der Waals surface area contributed by atoms with Crippen molar-refractivity contribution in [2.24, 2.45) is 0 Å². The quantitative estimate of drug-likeness (QED) is 0.783. The Hall–Kier alpha value is -3.08. The van der Waals surface area contributed by atoms with Crippen molar-refractivity contribution in [1.29, 1.82) is 0 Å². The summed E-state index contributed by atoms with van der Waals surface area (Å²) in [6.45, 7) is 0. The molecule has 1 N–H and O–H groups in total. The highest BCUT2D eigenvalue weighted by molar-refractivity contribution is 5.92. The van der Waals surface area contributed by atoms with Crippen LogP contribution in [0.1, 0.15) is 5.56 Å². The Morgan fingerprint density at radius 3 is 2.74 bits per heavy atom. The lowest BCUT2D eigenvalue weighted by molar-refractivity contribution is -0.115. The summed E-state index contributed by atoms with van der Waals surface area (Å²) in [6.07, 6.45) is 3.26. The summed E-state index contributed by atoms with van der Waals surface area (Å²) >= 11 is 0. The van der Waals surface area contributed by atoms with Crippen molar-refractivity contribution in [3.63, 3.8) is 0 Å². The smallest absolute Gasteiger partial charge is 0.228 e. The monoisotopic (exact) mass is 308 g/mol. The van der Waals surface area contributed by atoms with E-state index in [2.05, 4.69) is 10.3 Å². The number of carbonyl (C=O) groups excluding carboxylic acids is 1. The normalized spacial score (nSPS) is 10.3. The number of carbonyl (C=O) groups is 1. The first-order chi connectivity index (χ1) is 11.3. The number of anilines is 1. The zero-order valence-corrected chi connectivity index (χ0v) is 12.7. The molecule has 0 aliphatic rings. The molecule has 0 aliphatic carbocycles. The molecular weight excluding hydrogens is 292 g/mol. The van der Waals surface area contributed by atoms with E-state index in [1.54, 1.807) is 13.3 Å². The van der Waals surface area contributed by atoms with Gasteiger partial charge in [-0.25, -0.2) is 4.98 Å². The van der Waals surface area contributed by atoms with Gasteiger partial charge in [0.1, 0.15) is 5.75 Å². The second kappa shape index (κ2) is 6.79. The van der Waals surface area contributed by atoms with Crippen molar-refractivity contribution in [1.82, 2.24) is 4.98 Å². The molecule has 0 atom stereocenters. The minimum atomic E-state index is -0.0781. The van der Waals surface area contributed by atoms with Crippen LogP contribution < -0.4 is 10.1 Å². The Morgan fingerprint density at radius 1 is 1.22 bits per heavy atom. The van der Waals surface area contributed by atoms with Crippen molar-refractivity contribution in [2.75, 3.05) is 12.4 Å². The summed E-state index contributed by atoms with van der Waals surface area (Å²) in [5.41, 5.74) is 2.44. The highest BCUT2D eigenvalue weighted by Gasteiger charge is 2.11. The SMILES string of the molecule is COc1cc(CC(=O)Nc2ccccc2)ccc1-c1cnco1. The predicted octanol–water partition coefficient (Wildman–Crippen LogP) is 3.53. The first-order valence-corrected chi connectivity index (χ1v) is 7.17. The van der Waals surface area contributed by atoms with Gasteiger partial charge >= 0.3 is 0 Å². The Balaban J connectivity index is 1.75. The van der Waals surface area contributed by atoms with E-state index in [1.807, 2.05) is 48.5 Å². The summed E-state index contributed by atoms with van der Waals surface area (Å²) in [5, 5.41) is 2.86. The van der Waals surface area contributed by atoms with Gasteiger partial charge in [-0.3, -0.25) is 4.79 Å². The standard InChI is InChI=1S/C18H16N2O3/c1-22-16-9-13(7-8-15(16)17-11-19-12-23-17)10-18(21)20-14-5-3-2-4-6-14/h2-9,11-12H,10H2,1H3,(H,20,21). The first kappa shape index (κ1) is 14.8. The van der Waals surface area contributed by atoms with E-state index in [1.165, 1.54) is 6.39 Å². The van der Waals surface area contributed by atoms with Crippen LogP contribution in [0.4, 0.5) is 5.69 Å². The van der Waals surface area contributed by atoms with Gasteiger partial charge in [0.05, 0.1) is 25.3 Å². The topological polar surface area (TPSA) is 64.4 Å². The van der Waals surface area contributed by atoms with Gasteiger partial charge < -0.3 is 14.5 Å². The molecule has 1 heterocycles. The molecule has 3 rings (SSSR count). The summed E-state index contributed by atoms with van der Waals surface area (Å²) in [4.78, 5) is 16.0. The van der Waals surface area contributed by atoms with Gasteiger partial charge in [-0.2, -0.15) is 0 Å². The fraction of sp³-hybridized carbons (Fsp3) is 0.111. The fourth-order valence-electron chi connectivity index (χ4n) is 2.31. The van der Waals surface area contributed by atoms with Gasteiger partial charge in [-0.05, 0) is 29.8 Å². The zero-order chi connectivity index (χ0) is 16.1. The van der Waals surface area contributed by atoms with Crippen LogP contribution in [0.5, 0.6) is 5.75 Å². The van der Waals surface area contributed by atoms with Crippen LogP contribution in [-0.2, 0) is 11.2 Å². The van der Waals surface area contributed by atoms with Gasteiger partial charge in [0, 0.05) is 5.69 Å². The summed E-state index contributed by atoms with van der Waals surface area (Å²) in [5.74, 6) is 1.19. The fourth-order valence-corrected chi connectivity index (χ4v) is 2.31. The lowest BCUT2D eigenvalue weighted by atomic mass is 10.1. The summed E-state index contributed by atoms with van der Waals surface area (Å²) in [6, 6.07) is 15.0. The predicted molar refractivity (Wildman–Crippen MR) is 87.3 cm³/mol. The molecule has 5 nitrogen and oxygen atoms in total. The Labute approximate surface area is 133 Å². The van der Waals surface area contributed by atoms with E-state index >= 15 is 0 Å². The number of ether oxygens (including phenoxy) is 1. The Kier molecular flexibility index (Phi) is 4.38. The molecule has 2 aromatic carbocycles. The highest BCUT2D eigenvalue weighted by Crippen LogP contribution is 2.30. The van der Waals surface area contributed by atoms with Crippen LogP contribution >= 0.6 is 0 Å². The molecule has 0 fully saturated rings. The van der Waals surface area contributed by atoms with Crippen LogP contribution in [0.15, 0.2) is 65.5 Å². The number of benzene rings is 2. The van der Waals surface area contributed by atoms with Crippen LogP contribution in [-0.4, -0.2) is 18.0 Å². The lowest BCUT2D eigenvalue weighted by Crippen LogP contribution is -2.14. The number of rotatable bonds is 5. The van der Waals surface area contributed by atoms with Crippen LogP contribution in [0.2, 0.25) is 0 Å². The number of para-hydroxylation sites is 1. The van der Waals surface area contributed by atoms with E-state index in [0.717, 1.165) is 16.8 Å². The van der Waals surface area contributed by atoms with Crippen LogP contribution in [0, 0.1) is 0 Å². The van der Waals surface area contributed by atoms with Gasteiger partial charge in [0.15, 0.2) is 12.2 Å². The van der Waals surface area contributed by atoms with Crippen molar-refractivity contribution in [3.05, 3.63) is 66.7 Å². The number of nitrogens with zero attached hydrogens (tertiary/aromatic N) is 1. The van der Waals surface area contributed by atoms with E-state index < -0.39 is 0 Å². The summed E-state index contributed by atoms with van der Waals surface area (Å²) < 4.78 is 10.7. The van der Waals surface area contributed by atoms with Gasteiger partial charge in [0.25, 0.3) is 0 Å². The molecule has 23 heavy (non-hydrogen) atoms. The molecule has 1 amide bonds. The van der Waals surface area contributed by atoms with E-state index in [9.17, 15) is 4.79 Å². The van der Waals surface area contributed by atoms with E-state index in [4.69, 9.17) is 9.15 Å². The number of aromatic nitrogens is 1. The van der Waals surface area contributed by atoms with E-state index in [-0.39, 0.29) is 12.3 Å². The maximum Gasteiger partial charge on any atom is 0.228 e. The lowest BCUT2D eigenvalue weighted by Gasteiger charge is -2.09. The average molecular weight is 308 g/mol. The number of nitrogens with one attached hydrogen (secondary N) is 1. The van der Waals surface area contributed by atoms with Crippen molar-refractivity contribution < 1.29 is 13.9 Å². The second-order valence-electron chi connectivity index (χ2n) is 4.99. The van der Waals surface area contributed by atoms with Crippen molar-refractivity contribution >= 4 is 11.6 Å². The number of hydrogen-bond donors (Lipinski definition) is 1. The maximum atomic E-state index is 12.1. The minimum Gasteiger partial charge on any atom is -0.496 e. The third kappa shape index (κ3) is 3.58. The number of hydrogen-bond acceptors (Lipinski definition) is 4. The molecule has 0 unspecified atom stereocenters. The zero-order valence-electron chi connectivity index (χ0n) is 12.7. The molecule has 5 heteroatoms. The number of oxazole rings is 1. The van der Waals surface area contributed by atoms with Crippen LogP contribution in [0.3, 0.4) is 0 Å². The maximum absolute atomic E-state index is 12.1. The molecule has 3 aromatic rings. The Bertz CT molecular complexity index is 783. The average Bonchev–Trinajstić information content (AvgIpc) is 3.10. The molecule has 0 aliphatic heterocycles. The molecule has 0 saturated carbocycles. The Morgan fingerprint density at radius 2 is 2.04 bits per heavy atom. The molecule has 0 radical (unpaired) electrons. The molecule has 116 valence electrons. The molecular formula is C18H16N2O3. The minimum absolute atomic E-state index is 0.0781. The molecule has 1 aromatic heterocycles. The van der Waals surface area contributed by atoms with Gasteiger partial charge in [-0.1, -0.05) is 24.3 Å².